The highest BCUT2D eigenvalue weighted by molar-refractivity contribution is 5.90. The van der Waals surface area contributed by atoms with Gasteiger partial charge in [-0.25, -0.2) is 4.79 Å². The van der Waals surface area contributed by atoms with Crippen molar-refractivity contribution in [2.24, 2.45) is 5.92 Å². The molecular formula is C16H21NO3. The molecule has 0 bridgehead atoms. The molecule has 0 aromatic heterocycles. The largest absolute Gasteiger partial charge is 0.496 e. The maximum Gasteiger partial charge on any atom is 0.339 e. The van der Waals surface area contributed by atoms with Gasteiger partial charge in [0.15, 0.2) is 0 Å². The summed E-state index contributed by atoms with van der Waals surface area (Å²) in [6, 6.07) is 6.17. The zero-order valence-electron chi connectivity index (χ0n) is 11.8. The molecule has 4 heteroatoms. The quantitative estimate of drug-likeness (QED) is 0.831. The lowest BCUT2D eigenvalue weighted by Gasteiger charge is -2.22. The Bertz CT molecular complexity index is 506. The van der Waals surface area contributed by atoms with Crippen molar-refractivity contribution in [2.45, 2.75) is 38.3 Å². The Morgan fingerprint density at radius 2 is 2.10 bits per heavy atom. The van der Waals surface area contributed by atoms with Gasteiger partial charge in [-0.05, 0) is 49.3 Å². The molecule has 20 heavy (non-hydrogen) atoms. The monoisotopic (exact) mass is 275 g/mol. The first-order chi connectivity index (χ1) is 9.67. The number of benzene rings is 1. The third-order valence-electron chi connectivity index (χ3n) is 4.13. The van der Waals surface area contributed by atoms with Crippen LogP contribution in [0.3, 0.4) is 0 Å². The van der Waals surface area contributed by atoms with Crippen LogP contribution in [0.4, 0.5) is 0 Å². The molecule has 2 saturated carbocycles. The predicted octanol–water partition coefficient (Wildman–Crippen LogP) is 2.77. The highest BCUT2D eigenvalue weighted by Crippen LogP contribution is 2.36. The average Bonchev–Trinajstić information content (AvgIpc) is 3.29. The molecule has 1 aromatic rings. The zero-order valence-corrected chi connectivity index (χ0v) is 11.8. The van der Waals surface area contributed by atoms with Gasteiger partial charge in [-0.15, -0.1) is 0 Å². The van der Waals surface area contributed by atoms with Crippen molar-refractivity contribution in [1.29, 1.82) is 0 Å². The number of carboxylic acid groups (broad SMARTS) is 1. The van der Waals surface area contributed by atoms with Crippen molar-refractivity contribution in [3.05, 3.63) is 29.3 Å². The van der Waals surface area contributed by atoms with Crippen molar-refractivity contribution in [1.82, 2.24) is 4.90 Å². The lowest BCUT2D eigenvalue weighted by atomic mass is 10.1. The molecule has 2 aliphatic rings. The fourth-order valence-corrected chi connectivity index (χ4v) is 2.66. The molecule has 2 fully saturated rings. The number of nitrogens with zero attached hydrogens (tertiary/aromatic N) is 1. The lowest BCUT2D eigenvalue weighted by Crippen LogP contribution is -2.27. The third kappa shape index (κ3) is 3.12. The number of hydrogen-bond acceptors (Lipinski definition) is 3. The van der Waals surface area contributed by atoms with Gasteiger partial charge in [0.25, 0.3) is 0 Å². The zero-order chi connectivity index (χ0) is 14.1. The van der Waals surface area contributed by atoms with Crippen LogP contribution in [0.5, 0.6) is 5.75 Å². The Labute approximate surface area is 119 Å². The molecule has 0 radical (unpaired) electrons. The number of carboxylic acids is 1. The Morgan fingerprint density at radius 1 is 1.35 bits per heavy atom. The van der Waals surface area contributed by atoms with Crippen LogP contribution in [-0.2, 0) is 6.54 Å². The number of methoxy groups -OCH3 is 1. The summed E-state index contributed by atoms with van der Waals surface area (Å²) >= 11 is 0. The Balaban J connectivity index is 1.73. The molecule has 1 N–H and O–H groups in total. The van der Waals surface area contributed by atoms with E-state index in [0.717, 1.165) is 24.1 Å². The Morgan fingerprint density at radius 3 is 2.65 bits per heavy atom. The third-order valence-corrected chi connectivity index (χ3v) is 4.13. The van der Waals surface area contributed by atoms with Gasteiger partial charge < -0.3 is 9.84 Å². The van der Waals surface area contributed by atoms with Crippen LogP contribution in [0.1, 0.15) is 41.6 Å². The van der Waals surface area contributed by atoms with Crippen molar-refractivity contribution >= 4 is 5.97 Å². The summed E-state index contributed by atoms with van der Waals surface area (Å²) < 4.78 is 5.20. The molecule has 2 aliphatic carbocycles. The van der Waals surface area contributed by atoms with Gasteiger partial charge in [0.1, 0.15) is 11.3 Å². The normalized spacial score (nSPS) is 18.3. The fourth-order valence-electron chi connectivity index (χ4n) is 2.66. The van der Waals surface area contributed by atoms with Crippen molar-refractivity contribution < 1.29 is 14.6 Å². The second kappa shape index (κ2) is 5.44. The van der Waals surface area contributed by atoms with E-state index in [-0.39, 0.29) is 5.56 Å². The van der Waals surface area contributed by atoms with E-state index in [2.05, 4.69) is 4.90 Å². The van der Waals surface area contributed by atoms with Crippen LogP contribution in [0.25, 0.3) is 0 Å². The summed E-state index contributed by atoms with van der Waals surface area (Å²) in [6.07, 6.45) is 5.34. The Hall–Kier alpha value is -1.55. The van der Waals surface area contributed by atoms with Crippen LogP contribution >= 0.6 is 0 Å². The van der Waals surface area contributed by atoms with E-state index >= 15 is 0 Å². The van der Waals surface area contributed by atoms with Gasteiger partial charge in [0, 0.05) is 19.1 Å². The molecule has 0 spiro atoms. The summed E-state index contributed by atoms with van der Waals surface area (Å²) in [5.74, 6) is 0.401. The molecule has 1 aromatic carbocycles. The molecule has 108 valence electrons. The lowest BCUT2D eigenvalue weighted by molar-refractivity contribution is 0.0693. The number of carbonyl (C=O) groups is 1. The first kappa shape index (κ1) is 13.4. The minimum Gasteiger partial charge on any atom is -0.496 e. The van der Waals surface area contributed by atoms with E-state index in [1.54, 1.807) is 6.07 Å². The highest BCUT2D eigenvalue weighted by atomic mass is 16.5. The number of aromatic carboxylic acids is 1. The van der Waals surface area contributed by atoms with E-state index in [1.807, 2.05) is 12.1 Å². The van der Waals surface area contributed by atoms with Gasteiger partial charge in [-0.1, -0.05) is 6.07 Å². The minimum atomic E-state index is -0.939. The van der Waals surface area contributed by atoms with Gasteiger partial charge in [-0.3, -0.25) is 4.90 Å². The standard InChI is InChI=1S/C16H21NO3/c1-20-15-8-12(4-7-14(15)16(18)19)10-17(13-5-6-13)9-11-2-3-11/h4,7-8,11,13H,2-3,5-6,9-10H2,1H3,(H,18,19). The summed E-state index contributed by atoms with van der Waals surface area (Å²) in [5, 5.41) is 9.10. The first-order valence-electron chi connectivity index (χ1n) is 7.31. The van der Waals surface area contributed by atoms with E-state index < -0.39 is 5.97 Å². The van der Waals surface area contributed by atoms with Crippen LogP contribution in [0.15, 0.2) is 18.2 Å². The minimum absolute atomic E-state index is 0.233. The fraction of sp³-hybridized carbons (Fsp3) is 0.562. The van der Waals surface area contributed by atoms with Crippen LogP contribution in [-0.4, -0.2) is 35.7 Å². The molecule has 0 atom stereocenters. The van der Waals surface area contributed by atoms with Crippen molar-refractivity contribution in [2.75, 3.05) is 13.7 Å². The molecule has 0 unspecified atom stereocenters. The molecule has 0 amide bonds. The molecule has 4 nitrogen and oxygen atoms in total. The van der Waals surface area contributed by atoms with Crippen LogP contribution in [0, 0.1) is 5.92 Å². The van der Waals surface area contributed by atoms with Crippen molar-refractivity contribution in [3.8, 4) is 5.75 Å². The van der Waals surface area contributed by atoms with Gasteiger partial charge in [0.05, 0.1) is 7.11 Å². The number of hydrogen-bond donors (Lipinski definition) is 1. The SMILES string of the molecule is COc1cc(CN(CC2CC2)C2CC2)ccc1C(=O)O. The smallest absolute Gasteiger partial charge is 0.339 e. The van der Waals surface area contributed by atoms with Crippen LogP contribution < -0.4 is 4.74 Å². The first-order valence-corrected chi connectivity index (χ1v) is 7.31. The maximum absolute atomic E-state index is 11.1. The molecule has 0 aliphatic heterocycles. The van der Waals surface area contributed by atoms with Crippen LogP contribution in [0.2, 0.25) is 0 Å². The van der Waals surface area contributed by atoms with Crippen molar-refractivity contribution in [3.63, 3.8) is 0 Å². The average molecular weight is 275 g/mol. The molecule has 0 saturated heterocycles. The van der Waals surface area contributed by atoms with E-state index in [9.17, 15) is 4.79 Å². The van der Waals surface area contributed by atoms with Gasteiger partial charge in [-0.2, -0.15) is 0 Å². The molecular weight excluding hydrogens is 254 g/mol. The second-order valence-corrected chi connectivity index (χ2v) is 5.94. The van der Waals surface area contributed by atoms with Gasteiger partial charge in [0.2, 0.25) is 0 Å². The summed E-state index contributed by atoms with van der Waals surface area (Å²) in [7, 11) is 1.52. The second-order valence-electron chi connectivity index (χ2n) is 5.94. The summed E-state index contributed by atoms with van der Waals surface area (Å²) in [6.45, 7) is 2.09. The molecule has 3 rings (SSSR count). The van der Waals surface area contributed by atoms with Gasteiger partial charge >= 0.3 is 5.97 Å². The number of ether oxygens (including phenoxy) is 1. The summed E-state index contributed by atoms with van der Waals surface area (Å²) in [4.78, 5) is 13.6. The van der Waals surface area contributed by atoms with E-state index in [4.69, 9.17) is 9.84 Å². The topological polar surface area (TPSA) is 49.8 Å². The number of rotatable bonds is 7. The summed E-state index contributed by atoms with van der Waals surface area (Å²) in [5.41, 5.74) is 1.37. The Kier molecular flexibility index (Phi) is 3.66. The van der Waals surface area contributed by atoms with E-state index in [0.29, 0.717) is 5.75 Å². The van der Waals surface area contributed by atoms with E-state index in [1.165, 1.54) is 39.3 Å². The predicted molar refractivity (Wildman–Crippen MR) is 76.1 cm³/mol. The maximum atomic E-state index is 11.1. The molecule has 0 heterocycles. The highest BCUT2D eigenvalue weighted by Gasteiger charge is 2.33.